The molecule has 2 aromatic rings. The van der Waals surface area contributed by atoms with Gasteiger partial charge in [0.15, 0.2) is 6.29 Å². The van der Waals surface area contributed by atoms with Crippen molar-refractivity contribution in [2.45, 2.75) is 6.42 Å². The number of nitrogens with zero attached hydrogens (tertiary/aromatic N) is 1. The number of thiazole rings is 1. The number of carbonyl (C=O) groups excluding carboxylic acids is 1. The third-order valence-corrected chi connectivity index (χ3v) is 3.10. The van der Waals surface area contributed by atoms with Crippen LogP contribution >= 0.6 is 11.3 Å². The number of hydrogen-bond acceptors (Lipinski definition) is 4. The van der Waals surface area contributed by atoms with Gasteiger partial charge in [-0.05, 0) is 17.7 Å². The second-order valence-electron chi connectivity index (χ2n) is 3.30. The lowest BCUT2D eigenvalue weighted by atomic mass is 10.1. The van der Waals surface area contributed by atoms with Crippen LogP contribution in [0.4, 0.5) is 0 Å². The van der Waals surface area contributed by atoms with Gasteiger partial charge in [0.25, 0.3) is 0 Å². The van der Waals surface area contributed by atoms with Gasteiger partial charge in [-0.25, -0.2) is 4.98 Å². The highest BCUT2D eigenvalue weighted by molar-refractivity contribution is 7.13. The maximum absolute atomic E-state index is 10.5. The van der Waals surface area contributed by atoms with Crippen LogP contribution in [0.5, 0.6) is 5.75 Å². The molecular weight excluding hydrogens is 222 g/mol. The summed E-state index contributed by atoms with van der Waals surface area (Å²) in [7, 11) is 1.65. The van der Waals surface area contributed by atoms with Gasteiger partial charge in [0, 0.05) is 12.6 Å². The number of rotatable bonds is 4. The first-order valence-corrected chi connectivity index (χ1v) is 5.66. The van der Waals surface area contributed by atoms with Crippen LogP contribution in [0.1, 0.15) is 20.2 Å². The van der Waals surface area contributed by atoms with Crippen LogP contribution in [0.3, 0.4) is 0 Å². The van der Waals surface area contributed by atoms with Crippen molar-refractivity contribution in [3.05, 3.63) is 45.9 Å². The number of hydrogen-bond donors (Lipinski definition) is 0. The van der Waals surface area contributed by atoms with E-state index in [1.54, 1.807) is 13.3 Å². The Balaban J connectivity index is 2.16. The van der Waals surface area contributed by atoms with E-state index in [4.69, 9.17) is 4.74 Å². The summed E-state index contributed by atoms with van der Waals surface area (Å²) < 4.78 is 5.15. The molecule has 1 aromatic heterocycles. The average molecular weight is 233 g/mol. The quantitative estimate of drug-likeness (QED) is 0.762. The van der Waals surface area contributed by atoms with E-state index in [-0.39, 0.29) is 0 Å². The van der Waals surface area contributed by atoms with Crippen molar-refractivity contribution in [1.82, 2.24) is 4.98 Å². The molecule has 0 aliphatic heterocycles. The van der Waals surface area contributed by atoms with Gasteiger partial charge < -0.3 is 4.74 Å². The summed E-state index contributed by atoms with van der Waals surface area (Å²) in [5, 5.41) is 0.940. The van der Waals surface area contributed by atoms with E-state index in [1.807, 2.05) is 24.3 Å². The summed E-state index contributed by atoms with van der Waals surface area (Å²) in [5.74, 6) is 0.838. The predicted octanol–water partition coefficient (Wildman–Crippen LogP) is 2.56. The fraction of sp³-hybridized carbons (Fsp3) is 0.167. The molecule has 0 atom stereocenters. The number of carbonyl (C=O) groups is 1. The molecule has 1 heterocycles. The first-order valence-electron chi connectivity index (χ1n) is 4.84. The molecule has 0 unspecified atom stereocenters. The number of benzene rings is 1. The standard InChI is InChI=1S/C12H11NO2S/c1-15-10-4-2-3-9(5-10)6-12-13-7-11(8-14)16-12/h2-5,7-8H,6H2,1H3. The van der Waals surface area contributed by atoms with Crippen LogP contribution in [0.25, 0.3) is 0 Å². The predicted molar refractivity (Wildman–Crippen MR) is 63.3 cm³/mol. The minimum absolute atomic E-state index is 0.665. The topological polar surface area (TPSA) is 39.2 Å². The molecule has 3 nitrogen and oxygen atoms in total. The Morgan fingerprint density at radius 2 is 2.38 bits per heavy atom. The van der Waals surface area contributed by atoms with Gasteiger partial charge in [-0.2, -0.15) is 0 Å². The zero-order valence-electron chi connectivity index (χ0n) is 8.84. The molecule has 0 saturated carbocycles. The fourth-order valence-corrected chi connectivity index (χ4v) is 2.19. The van der Waals surface area contributed by atoms with Crippen molar-refractivity contribution in [3.63, 3.8) is 0 Å². The molecule has 0 radical (unpaired) electrons. The van der Waals surface area contributed by atoms with Gasteiger partial charge in [-0.1, -0.05) is 12.1 Å². The minimum atomic E-state index is 0.665. The highest BCUT2D eigenvalue weighted by Gasteiger charge is 2.03. The van der Waals surface area contributed by atoms with E-state index in [9.17, 15) is 4.79 Å². The molecule has 0 N–H and O–H groups in total. The Labute approximate surface area is 97.7 Å². The summed E-state index contributed by atoms with van der Waals surface area (Å²) in [5.41, 5.74) is 1.13. The molecule has 82 valence electrons. The monoisotopic (exact) mass is 233 g/mol. The molecule has 0 saturated heterocycles. The smallest absolute Gasteiger partial charge is 0.161 e. The number of methoxy groups -OCH3 is 1. The average Bonchev–Trinajstić information content (AvgIpc) is 2.77. The molecule has 0 aliphatic rings. The second-order valence-corrected chi connectivity index (χ2v) is 4.45. The first-order chi connectivity index (χ1) is 7.81. The largest absolute Gasteiger partial charge is 0.497 e. The van der Waals surface area contributed by atoms with Crippen molar-refractivity contribution in [2.24, 2.45) is 0 Å². The number of aromatic nitrogens is 1. The third-order valence-electron chi connectivity index (χ3n) is 2.18. The van der Waals surface area contributed by atoms with Crippen LogP contribution in [-0.4, -0.2) is 18.4 Å². The van der Waals surface area contributed by atoms with E-state index in [2.05, 4.69) is 4.98 Å². The van der Waals surface area contributed by atoms with Gasteiger partial charge >= 0.3 is 0 Å². The van der Waals surface area contributed by atoms with Gasteiger partial charge in [0.2, 0.25) is 0 Å². The van der Waals surface area contributed by atoms with Gasteiger partial charge in [-0.3, -0.25) is 4.79 Å². The van der Waals surface area contributed by atoms with E-state index < -0.39 is 0 Å². The van der Waals surface area contributed by atoms with Gasteiger partial charge in [0.05, 0.1) is 17.0 Å². The summed E-state index contributed by atoms with van der Waals surface area (Å²) in [6.07, 6.45) is 3.16. The lowest BCUT2D eigenvalue weighted by molar-refractivity contribution is 0.112. The first kappa shape index (κ1) is 10.8. The van der Waals surface area contributed by atoms with Gasteiger partial charge in [0.1, 0.15) is 5.75 Å². The summed E-state index contributed by atoms with van der Waals surface area (Å²) in [4.78, 5) is 15.4. The molecular formula is C12H11NO2S. The van der Waals surface area contributed by atoms with E-state index >= 15 is 0 Å². The lowest BCUT2D eigenvalue weighted by Crippen LogP contribution is -1.88. The van der Waals surface area contributed by atoms with Crippen LogP contribution < -0.4 is 4.74 Å². The minimum Gasteiger partial charge on any atom is -0.497 e. The zero-order chi connectivity index (χ0) is 11.4. The Morgan fingerprint density at radius 3 is 3.06 bits per heavy atom. The molecule has 0 bridgehead atoms. The Bertz CT molecular complexity index is 493. The van der Waals surface area contributed by atoms with Crippen LogP contribution in [-0.2, 0) is 6.42 Å². The molecule has 0 fully saturated rings. The summed E-state index contributed by atoms with van der Waals surface area (Å²) in [6.45, 7) is 0. The highest BCUT2D eigenvalue weighted by atomic mass is 32.1. The zero-order valence-corrected chi connectivity index (χ0v) is 9.66. The Hall–Kier alpha value is -1.68. The van der Waals surface area contributed by atoms with Crippen LogP contribution in [0.2, 0.25) is 0 Å². The molecule has 2 rings (SSSR count). The molecule has 0 amide bonds. The second kappa shape index (κ2) is 4.90. The van der Waals surface area contributed by atoms with Crippen LogP contribution in [0, 0.1) is 0 Å². The maximum Gasteiger partial charge on any atom is 0.161 e. The molecule has 1 aromatic carbocycles. The van der Waals surface area contributed by atoms with E-state index in [0.29, 0.717) is 4.88 Å². The van der Waals surface area contributed by atoms with Crippen molar-refractivity contribution in [3.8, 4) is 5.75 Å². The lowest BCUT2D eigenvalue weighted by Gasteiger charge is -2.02. The summed E-state index contributed by atoms with van der Waals surface area (Å²) in [6, 6.07) is 7.84. The van der Waals surface area contributed by atoms with Crippen molar-refractivity contribution >= 4 is 17.6 Å². The van der Waals surface area contributed by atoms with Crippen molar-refractivity contribution in [1.29, 1.82) is 0 Å². The molecule has 0 aliphatic carbocycles. The highest BCUT2D eigenvalue weighted by Crippen LogP contribution is 2.18. The third kappa shape index (κ3) is 2.46. The van der Waals surface area contributed by atoms with E-state index in [0.717, 1.165) is 29.0 Å². The van der Waals surface area contributed by atoms with Gasteiger partial charge in [-0.15, -0.1) is 11.3 Å². The summed E-state index contributed by atoms with van der Waals surface area (Å²) >= 11 is 1.42. The normalized spacial score (nSPS) is 10.1. The molecule has 16 heavy (non-hydrogen) atoms. The van der Waals surface area contributed by atoms with Crippen LogP contribution in [0.15, 0.2) is 30.5 Å². The number of ether oxygens (including phenoxy) is 1. The Morgan fingerprint density at radius 1 is 1.50 bits per heavy atom. The fourth-order valence-electron chi connectivity index (χ4n) is 1.42. The Kier molecular flexibility index (Phi) is 3.31. The number of aldehydes is 1. The maximum atomic E-state index is 10.5. The van der Waals surface area contributed by atoms with Crippen molar-refractivity contribution < 1.29 is 9.53 Å². The van der Waals surface area contributed by atoms with Crippen molar-refractivity contribution in [2.75, 3.05) is 7.11 Å². The SMILES string of the molecule is COc1cccc(Cc2ncc(C=O)s2)c1. The van der Waals surface area contributed by atoms with E-state index in [1.165, 1.54) is 11.3 Å². The molecule has 4 heteroatoms. The molecule has 0 spiro atoms.